The highest BCUT2D eigenvalue weighted by Crippen LogP contribution is 2.51. The van der Waals surface area contributed by atoms with Gasteiger partial charge in [0.25, 0.3) is 0 Å². The molecule has 4 atom stereocenters. The third-order valence-electron chi connectivity index (χ3n) is 9.90. The molecule has 0 bridgehead atoms. The van der Waals surface area contributed by atoms with Crippen molar-refractivity contribution in [3.8, 4) is 11.5 Å². The highest BCUT2D eigenvalue weighted by atomic mass is 19.4. The highest BCUT2D eigenvalue weighted by Gasteiger charge is 2.58. The van der Waals surface area contributed by atoms with Crippen molar-refractivity contribution in [3.05, 3.63) is 131 Å². The van der Waals surface area contributed by atoms with Gasteiger partial charge in [-0.2, -0.15) is 26.3 Å². The standard InChI is InChI=1S/C40H32F6N2O5/c41-39(42,43)26-18-27(40(44,45)46)20-28(19-26)48-37(50)31-17-25(21-52-30-6-2-1-3-7-30)35-32(36(31)38(48)51)22-53-34(35)14-11-24(33-8-4-5-15-47-33)16-23-9-12-29(49)13-10-23/h1-10,12-13,15-16,18-20,31-32,34,36,49H,11,14,17,21-22H2/b24-16-/t31-,32+,34-,36-/m1/s1. The molecule has 3 aliphatic rings. The Bertz CT molecular complexity index is 2030. The van der Waals surface area contributed by atoms with Crippen molar-refractivity contribution in [2.75, 3.05) is 18.1 Å². The number of carbonyl (C=O) groups excluding carboxylic acids is 2. The van der Waals surface area contributed by atoms with Crippen molar-refractivity contribution < 1.29 is 50.5 Å². The van der Waals surface area contributed by atoms with Crippen LogP contribution >= 0.6 is 0 Å². The first-order valence-electron chi connectivity index (χ1n) is 16.9. The number of halogens is 6. The van der Waals surface area contributed by atoms with E-state index < -0.39 is 64.8 Å². The number of amides is 2. The van der Waals surface area contributed by atoms with Gasteiger partial charge in [-0.15, -0.1) is 0 Å². The molecule has 0 saturated carbocycles. The molecule has 0 unspecified atom stereocenters. The smallest absolute Gasteiger partial charge is 0.416 e. The average molecular weight is 735 g/mol. The Labute approximate surface area is 300 Å². The lowest BCUT2D eigenvalue weighted by Crippen LogP contribution is -2.35. The summed E-state index contributed by atoms with van der Waals surface area (Å²) in [5.41, 5.74) is -0.194. The predicted octanol–water partition coefficient (Wildman–Crippen LogP) is 8.75. The first kappa shape index (κ1) is 36.0. The summed E-state index contributed by atoms with van der Waals surface area (Å²) in [4.78, 5) is 33.0. The largest absolute Gasteiger partial charge is 0.508 e. The van der Waals surface area contributed by atoms with Crippen molar-refractivity contribution in [2.45, 2.75) is 37.7 Å². The first-order valence-corrected chi connectivity index (χ1v) is 16.9. The van der Waals surface area contributed by atoms with Crippen LogP contribution in [-0.2, 0) is 26.7 Å². The molecule has 1 aromatic heterocycles. The summed E-state index contributed by atoms with van der Waals surface area (Å²) < 4.78 is 95.1. The molecule has 4 aromatic rings. The third-order valence-corrected chi connectivity index (χ3v) is 9.90. The fourth-order valence-corrected chi connectivity index (χ4v) is 7.50. The molecule has 13 heteroatoms. The summed E-state index contributed by atoms with van der Waals surface area (Å²) in [6, 6.07) is 21.9. The monoisotopic (exact) mass is 734 g/mol. The van der Waals surface area contributed by atoms with Crippen LogP contribution in [-0.4, -0.2) is 41.2 Å². The molecule has 2 aliphatic heterocycles. The molecular weight excluding hydrogens is 702 g/mol. The number of hydrogen-bond donors (Lipinski definition) is 1. The van der Waals surface area contributed by atoms with Gasteiger partial charge in [0.1, 0.15) is 18.1 Å². The average Bonchev–Trinajstić information content (AvgIpc) is 3.67. The zero-order valence-electron chi connectivity index (χ0n) is 27.9. The molecule has 3 aromatic carbocycles. The normalized spacial score (nSPS) is 21.9. The lowest BCUT2D eigenvalue weighted by Gasteiger charge is -2.31. The van der Waals surface area contributed by atoms with Crippen LogP contribution in [0.4, 0.5) is 32.0 Å². The van der Waals surface area contributed by atoms with E-state index in [1.807, 2.05) is 24.3 Å². The maximum absolute atomic E-state index is 14.1. The molecule has 1 aliphatic carbocycles. The van der Waals surface area contributed by atoms with Crippen LogP contribution in [0.5, 0.6) is 11.5 Å². The number of aromatic hydroxyl groups is 1. The van der Waals surface area contributed by atoms with Crippen LogP contribution in [0.3, 0.4) is 0 Å². The van der Waals surface area contributed by atoms with Crippen LogP contribution < -0.4 is 9.64 Å². The number of benzene rings is 3. The van der Waals surface area contributed by atoms with Gasteiger partial charge in [0.2, 0.25) is 11.8 Å². The topological polar surface area (TPSA) is 89.0 Å². The van der Waals surface area contributed by atoms with Crippen LogP contribution in [0.25, 0.3) is 11.6 Å². The number of alkyl halides is 6. The lowest BCUT2D eigenvalue weighted by molar-refractivity contribution is -0.143. The van der Waals surface area contributed by atoms with Gasteiger partial charge in [0.05, 0.1) is 47.1 Å². The van der Waals surface area contributed by atoms with Crippen LogP contribution in [0.1, 0.15) is 41.6 Å². The maximum Gasteiger partial charge on any atom is 0.416 e. The molecule has 3 heterocycles. The molecule has 0 spiro atoms. The highest BCUT2D eigenvalue weighted by molar-refractivity contribution is 6.22. The number of anilines is 1. The molecule has 7 rings (SSSR count). The number of ether oxygens (including phenoxy) is 2. The van der Waals surface area contributed by atoms with Gasteiger partial charge in [-0.1, -0.05) is 36.4 Å². The summed E-state index contributed by atoms with van der Waals surface area (Å²) >= 11 is 0. The van der Waals surface area contributed by atoms with E-state index in [-0.39, 0.29) is 31.5 Å². The summed E-state index contributed by atoms with van der Waals surface area (Å²) in [5.74, 6) is -3.85. The van der Waals surface area contributed by atoms with E-state index in [1.54, 1.807) is 60.8 Å². The van der Waals surface area contributed by atoms with E-state index in [9.17, 15) is 41.0 Å². The fourth-order valence-electron chi connectivity index (χ4n) is 7.50. The van der Waals surface area contributed by atoms with Crippen LogP contribution in [0, 0.1) is 17.8 Å². The number of rotatable bonds is 9. The first-order chi connectivity index (χ1) is 25.3. The molecule has 2 saturated heterocycles. The van der Waals surface area contributed by atoms with Crippen LogP contribution in [0.2, 0.25) is 0 Å². The molecule has 274 valence electrons. The Morgan fingerprint density at radius 2 is 1.55 bits per heavy atom. The zero-order valence-corrected chi connectivity index (χ0v) is 27.9. The van der Waals surface area contributed by atoms with Crippen molar-refractivity contribution in [1.82, 2.24) is 4.98 Å². The number of fused-ring (bicyclic) bond motifs is 3. The maximum atomic E-state index is 14.1. The number of imide groups is 1. The van der Waals surface area contributed by atoms with Gasteiger partial charge in [-0.05, 0) is 102 Å². The molecule has 0 radical (unpaired) electrons. The van der Waals surface area contributed by atoms with E-state index >= 15 is 0 Å². The number of para-hydroxylation sites is 1. The second-order valence-corrected chi connectivity index (χ2v) is 13.2. The Morgan fingerprint density at radius 3 is 2.19 bits per heavy atom. The predicted molar refractivity (Wildman–Crippen MR) is 182 cm³/mol. The third kappa shape index (κ3) is 7.43. The van der Waals surface area contributed by atoms with E-state index in [0.29, 0.717) is 46.9 Å². The fraction of sp³-hybridized carbons (Fsp3) is 0.275. The van der Waals surface area contributed by atoms with Gasteiger partial charge in [-0.3, -0.25) is 14.6 Å². The van der Waals surface area contributed by atoms with Gasteiger partial charge in [0.15, 0.2) is 0 Å². The molecule has 53 heavy (non-hydrogen) atoms. The minimum absolute atomic E-state index is 0.00576. The van der Waals surface area contributed by atoms with E-state index in [0.717, 1.165) is 16.7 Å². The minimum Gasteiger partial charge on any atom is -0.508 e. The summed E-state index contributed by atoms with van der Waals surface area (Å²) in [6.07, 6.45) is -6.36. The van der Waals surface area contributed by atoms with Gasteiger partial charge < -0.3 is 14.6 Å². The Balaban J connectivity index is 1.22. The number of hydrogen-bond acceptors (Lipinski definition) is 6. The number of aromatic nitrogens is 1. The summed E-state index contributed by atoms with van der Waals surface area (Å²) in [5, 5.41) is 9.77. The van der Waals surface area contributed by atoms with E-state index in [4.69, 9.17) is 9.47 Å². The number of carbonyl (C=O) groups is 2. The van der Waals surface area contributed by atoms with Crippen molar-refractivity contribution in [1.29, 1.82) is 0 Å². The zero-order chi connectivity index (χ0) is 37.5. The van der Waals surface area contributed by atoms with Crippen molar-refractivity contribution in [2.24, 2.45) is 17.8 Å². The minimum atomic E-state index is -5.16. The summed E-state index contributed by atoms with van der Waals surface area (Å²) in [7, 11) is 0. The molecule has 2 fully saturated rings. The Morgan fingerprint density at radius 1 is 0.868 bits per heavy atom. The number of phenolic OH excluding ortho intramolecular Hbond substituents is 1. The van der Waals surface area contributed by atoms with Crippen LogP contribution in [0.15, 0.2) is 108 Å². The number of phenols is 1. The second kappa shape index (κ2) is 14.2. The SMILES string of the molecule is O=C1[C@@H]2[C@@H](CC(COc3ccccc3)=C3[C@@H](CC/C(=C/c4ccc(O)cc4)c4ccccn4)OC[C@@H]32)C(=O)N1c1cc(C(F)(F)F)cc(C(F)(F)F)c1. The Hall–Kier alpha value is -5.43. The van der Waals surface area contributed by atoms with Crippen molar-refractivity contribution >= 4 is 29.2 Å². The summed E-state index contributed by atoms with van der Waals surface area (Å²) in [6.45, 7) is 0.0402. The van der Waals surface area contributed by atoms with Gasteiger partial charge >= 0.3 is 12.4 Å². The number of allylic oxidation sites excluding steroid dienone is 1. The number of nitrogens with zero attached hydrogens (tertiary/aromatic N) is 2. The van der Waals surface area contributed by atoms with Gasteiger partial charge in [-0.25, -0.2) is 4.90 Å². The second-order valence-electron chi connectivity index (χ2n) is 13.2. The molecular formula is C40H32F6N2O5. The van der Waals surface area contributed by atoms with E-state index in [1.165, 1.54) is 0 Å². The number of pyridine rings is 1. The lowest BCUT2D eigenvalue weighted by atomic mass is 9.69. The van der Waals surface area contributed by atoms with Gasteiger partial charge in [0, 0.05) is 12.1 Å². The Kier molecular flexibility index (Phi) is 9.62. The quantitative estimate of drug-likeness (QED) is 0.105. The molecule has 2 amide bonds. The molecule has 7 nitrogen and oxygen atoms in total. The van der Waals surface area contributed by atoms with E-state index in [2.05, 4.69) is 4.98 Å². The molecule has 1 N–H and O–H groups in total. The van der Waals surface area contributed by atoms with Crippen molar-refractivity contribution in [3.63, 3.8) is 0 Å².